The summed E-state index contributed by atoms with van der Waals surface area (Å²) in [7, 11) is -5.10. The standard InChI is InChI=1S/C67H99N8O12P/c1-3-5-7-9-11-13-15-17-19-21-23-25-27-29-33-45-62(77)85-59(60(52-84-88(81,82)83)86-63(78)46-34-30-28-26-24-22-20-18-16-14-12-10-8-6-4-2)51-74-67-54-41-36-35-40-53(54)50-73(57-43-38-37-42-55(57)64(67)69-72-74)61(76)44-32-31-39-49-68-56-47-48-58(75(79)80)66-65(56)70-87-71-66/h18,20,35-38,40-43,47-48,59-60,68H,3-17,19,21-34,39,44-46,49-52H2,1-2H3,(H2,81,82,83)/b20-18-. The minimum absolute atomic E-state index is 0.0512. The number of non-ortho nitro benzene ring substituents is 1. The van der Waals surface area contributed by atoms with Crippen LogP contribution in [0.15, 0.2) is 77.4 Å². The van der Waals surface area contributed by atoms with Crippen LogP contribution in [-0.4, -0.2) is 83.2 Å². The molecular formula is C67H99N8O12P. The number of allylic oxidation sites excluding steroid dienone is 2. The SMILES string of the molecule is CCCCCCCC/C=C\CCCCCCCC(=O)OC(COP(=O)(O)O)C(Cn1nnc2c1-c1ccccc1CN(C(=O)CCCCCNc1ccc([N+](=O)[O-])c3nonc13)c1ccccc1-2)OC(=O)CCCCCCCCCCCCCCCCC. The topological polar surface area (TPSA) is 264 Å². The zero-order chi connectivity index (χ0) is 62.6. The van der Waals surface area contributed by atoms with Crippen LogP contribution in [0.3, 0.4) is 0 Å². The van der Waals surface area contributed by atoms with Gasteiger partial charge in [0.05, 0.1) is 41.7 Å². The maximum absolute atomic E-state index is 14.4. The average molecular weight is 1240 g/mol. The van der Waals surface area contributed by atoms with Gasteiger partial charge < -0.3 is 29.5 Å². The van der Waals surface area contributed by atoms with E-state index in [1.165, 1.54) is 109 Å². The summed E-state index contributed by atoms with van der Waals surface area (Å²) in [6.07, 6.45) is 36.0. The van der Waals surface area contributed by atoms with E-state index in [4.69, 9.17) is 23.7 Å². The van der Waals surface area contributed by atoms with Crippen LogP contribution in [0.2, 0.25) is 0 Å². The highest BCUT2D eigenvalue weighted by Gasteiger charge is 2.36. The van der Waals surface area contributed by atoms with E-state index in [0.717, 1.165) is 69.8 Å². The van der Waals surface area contributed by atoms with Crippen LogP contribution in [0.5, 0.6) is 0 Å². The first-order valence-corrected chi connectivity index (χ1v) is 34.7. The van der Waals surface area contributed by atoms with Gasteiger partial charge in [-0.1, -0.05) is 221 Å². The van der Waals surface area contributed by atoms with E-state index < -0.39 is 43.5 Å². The fraction of sp³-hybridized carbons (Fsp3) is 0.627. The van der Waals surface area contributed by atoms with Gasteiger partial charge in [0.1, 0.15) is 5.69 Å². The number of phosphoric ester groups is 1. The van der Waals surface area contributed by atoms with Crippen molar-refractivity contribution in [2.75, 3.05) is 23.4 Å². The Bertz CT molecular complexity index is 2940. The molecule has 0 saturated heterocycles. The van der Waals surface area contributed by atoms with Crippen molar-refractivity contribution < 1.29 is 52.3 Å². The van der Waals surface area contributed by atoms with Crippen LogP contribution in [0.25, 0.3) is 33.5 Å². The second kappa shape index (κ2) is 40.3. The molecule has 21 heteroatoms. The summed E-state index contributed by atoms with van der Waals surface area (Å²) in [4.78, 5) is 74.7. The van der Waals surface area contributed by atoms with Gasteiger partial charge in [-0.15, -0.1) is 5.10 Å². The molecule has 0 bridgehead atoms. The highest BCUT2D eigenvalue weighted by Crippen LogP contribution is 2.42. The summed E-state index contributed by atoms with van der Waals surface area (Å²) in [5.41, 5.74) is 4.42. The molecule has 2 atom stereocenters. The van der Waals surface area contributed by atoms with Gasteiger partial charge in [-0.2, -0.15) is 0 Å². The minimum Gasteiger partial charge on any atom is -0.456 e. The van der Waals surface area contributed by atoms with Gasteiger partial charge in [0.25, 0.3) is 0 Å². The van der Waals surface area contributed by atoms with Crippen molar-refractivity contribution in [2.45, 2.75) is 257 Å². The lowest BCUT2D eigenvalue weighted by Crippen LogP contribution is -2.41. The van der Waals surface area contributed by atoms with E-state index in [2.05, 4.69) is 46.8 Å². The predicted molar refractivity (Wildman–Crippen MR) is 344 cm³/mol. The summed E-state index contributed by atoms with van der Waals surface area (Å²) in [6.45, 7) is 4.22. The van der Waals surface area contributed by atoms with E-state index in [-0.39, 0.29) is 55.0 Å². The molecule has 0 saturated carbocycles. The minimum atomic E-state index is -5.10. The zero-order valence-electron chi connectivity index (χ0n) is 52.5. The largest absolute Gasteiger partial charge is 0.469 e. The number of nitro groups is 1. The lowest BCUT2D eigenvalue weighted by molar-refractivity contribution is -0.383. The molecule has 3 aromatic carbocycles. The molecule has 0 spiro atoms. The summed E-state index contributed by atoms with van der Waals surface area (Å²) < 4.78 is 36.0. The average Bonchev–Trinajstić information content (AvgIpc) is 1.84. The summed E-state index contributed by atoms with van der Waals surface area (Å²) in [5.74, 6) is -1.26. The molecule has 2 unspecified atom stereocenters. The molecule has 3 heterocycles. The fourth-order valence-corrected chi connectivity index (χ4v) is 11.8. The molecule has 6 rings (SSSR count). The molecule has 1 amide bonds. The van der Waals surface area contributed by atoms with E-state index in [1.807, 2.05) is 48.5 Å². The van der Waals surface area contributed by atoms with Crippen molar-refractivity contribution in [3.63, 3.8) is 0 Å². The van der Waals surface area contributed by atoms with Crippen LogP contribution in [0.1, 0.15) is 238 Å². The number of anilines is 2. The number of hydrogen-bond donors (Lipinski definition) is 3. The Morgan fingerprint density at radius 1 is 0.648 bits per heavy atom. The van der Waals surface area contributed by atoms with Crippen molar-refractivity contribution in [1.29, 1.82) is 0 Å². The molecule has 20 nitrogen and oxygen atoms in total. The highest BCUT2D eigenvalue weighted by molar-refractivity contribution is 7.46. The van der Waals surface area contributed by atoms with Gasteiger partial charge in [-0.05, 0) is 79.4 Å². The third-order valence-electron chi connectivity index (χ3n) is 16.4. The van der Waals surface area contributed by atoms with Crippen molar-refractivity contribution >= 4 is 53.8 Å². The van der Waals surface area contributed by atoms with E-state index in [0.29, 0.717) is 72.5 Å². The number of amides is 1. The van der Waals surface area contributed by atoms with Crippen LogP contribution in [0.4, 0.5) is 17.1 Å². The summed E-state index contributed by atoms with van der Waals surface area (Å²) in [6, 6.07) is 18.0. The van der Waals surface area contributed by atoms with Crippen LogP contribution in [0, 0.1) is 10.1 Å². The number of aromatic nitrogens is 5. The Hall–Kier alpha value is -6.34. The number of benzene rings is 3. The Balaban J connectivity index is 1.11. The maximum atomic E-state index is 14.4. The smallest absolute Gasteiger partial charge is 0.456 e. The first-order chi connectivity index (χ1) is 42.9. The number of carbonyl (C=O) groups is 3. The first-order valence-electron chi connectivity index (χ1n) is 33.2. The molecule has 0 aliphatic carbocycles. The van der Waals surface area contributed by atoms with Gasteiger partial charge in [-0.25, -0.2) is 13.9 Å². The number of para-hydroxylation sites is 1. The zero-order valence-corrected chi connectivity index (χ0v) is 53.4. The third kappa shape index (κ3) is 24.9. The lowest BCUT2D eigenvalue weighted by Gasteiger charge is -2.30. The van der Waals surface area contributed by atoms with Crippen LogP contribution >= 0.6 is 7.82 Å². The number of fused-ring (bicyclic) bond motifs is 6. The van der Waals surface area contributed by atoms with Crippen molar-refractivity contribution in [3.05, 3.63) is 88.5 Å². The van der Waals surface area contributed by atoms with E-state index >= 15 is 0 Å². The van der Waals surface area contributed by atoms with Gasteiger partial charge in [0, 0.05) is 43.0 Å². The highest BCUT2D eigenvalue weighted by atomic mass is 31.2. The van der Waals surface area contributed by atoms with Crippen molar-refractivity contribution in [3.8, 4) is 22.5 Å². The summed E-state index contributed by atoms with van der Waals surface area (Å²) >= 11 is 0. The number of phosphoric acid groups is 1. The molecule has 3 N–H and O–H groups in total. The quantitative estimate of drug-likeness (QED) is 0.00816. The second-order valence-electron chi connectivity index (χ2n) is 23.6. The monoisotopic (exact) mass is 1240 g/mol. The van der Waals surface area contributed by atoms with Crippen molar-refractivity contribution in [1.82, 2.24) is 25.3 Å². The number of esters is 2. The van der Waals surface area contributed by atoms with Crippen LogP contribution in [-0.2, 0) is 46.0 Å². The Labute approximate surface area is 521 Å². The van der Waals surface area contributed by atoms with E-state index in [1.54, 1.807) is 15.6 Å². The van der Waals surface area contributed by atoms with Gasteiger partial charge in [0.2, 0.25) is 11.4 Å². The number of ether oxygens (including phenoxy) is 2. The third-order valence-corrected chi connectivity index (χ3v) is 16.9. The number of unbranched alkanes of at least 4 members (excludes halogenated alkanes) is 27. The first kappa shape index (κ1) is 70.7. The lowest BCUT2D eigenvalue weighted by atomic mass is 9.95. The molecule has 0 radical (unpaired) electrons. The molecule has 1 aliphatic rings. The fourth-order valence-electron chi connectivity index (χ4n) is 11.5. The van der Waals surface area contributed by atoms with Gasteiger partial charge >= 0.3 is 25.4 Å². The maximum Gasteiger partial charge on any atom is 0.469 e. The number of rotatable bonds is 47. The molecule has 484 valence electrons. The van der Waals surface area contributed by atoms with Gasteiger partial charge in [0.15, 0.2) is 17.7 Å². The Morgan fingerprint density at radius 2 is 1.16 bits per heavy atom. The van der Waals surface area contributed by atoms with Crippen molar-refractivity contribution in [2.24, 2.45) is 0 Å². The normalized spacial score (nSPS) is 13.0. The number of hydrogen-bond acceptors (Lipinski definition) is 15. The molecular weight excluding hydrogens is 1140 g/mol. The number of nitrogens with zero attached hydrogens (tertiary/aromatic N) is 7. The number of nitrogens with one attached hydrogen (secondary N) is 1. The molecule has 0 fully saturated rings. The van der Waals surface area contributed by atoms with Crippen LogP contribution < -0.4 is 10.2 Å². The molecule has 88 heavy (non-hydrogen) atoms. The van der Waals surface area contributed by atoms with Gasteiger partial charge in [-0.3, -0.25) is 29.0 Å². The number of nitro benzene ring substituents is 1. The Morgan fingerprint density at radius 3 is 1.75 bits per heavy atom. The molecule has 5 aromatic rings. The number of carbonyl (C=O) groups excluding carboxylic acids is 3. The molecule has 1 aliphatic heterocycles. The van der Waals surface area contributed by atoms with E-state index in [9.17, 15) is 38.8 Å². The summed E-state index contributed by atoms with van der Waals surface area (Å²) in [5, 5.41) is 31.6. The predicted octanol–water partition coefficient (Wildman–Crippen LogP) is 16.8. The second-order valence-corrected chi connectivity index (χ2v) is 24.8. The molecule has 2 aromatic heterocycles. The Kier molecular flexibility index (Phi) is 32.4.